The highest BCUT2D eigenvalue weighted by Gasteiger charge is 2.12. The molecule has 0 spiro atoms. The van der Waals surface area contributed by atoms with Crippen LogP contribution in [0.5, 0.6) is 0 Å². The predicted molar refractivity (Wildman–Crippen MR) is 90.5 cm³/mol. The minimum atomic E-state index is 0.490. The molecule has 0 fully saturated rings. The molecule has 0 saturated heterocycles. The number of aryl methyl sites for hydroxylation is 1. The molecule has 0 atom stereocenters. The molecular formula is C18H34N2O. The number of furan rings is 1. The lowest BCUT2D eigenvalue weighted by atomic mass is 10.2. The van der Waals surface area contributed by atoms with Crippen LogP contribution in [0.1, 0.15) is 70.5 Å². The fourth-order valence-corrected chi connectivity index (χ4v) is 2.41. The molecule has 1 aromatic rings. The second-order valence-electron chi connectivity index (χ2n) is 6.31. The summed E-state index contributed by atoms with van der Waals surface area (Å²) < 4.78 is 5.89. The molecule has 0 aliphatic heterocycles. The van der Waals surface area contributed by atoms with Crippen LogP contribution >= 0.6 is 0 Å². The molecule has 1 aromatic heterocycles. The van der Waals surface area contributed by atoms with Gasteiger partial charge in [0.2, 0.25) is 0 Å². The van der Waals surface area contributed by atoms with Crippen molar-refractivity contribution in [3.05, 3.63) is 23.2 Å². The Morgan fingerprint density at radius 1 is 1.14 bits per heavy atom. The smallest absolute Gasteiger partial charge is 0.118 e. The van der Waals surface area contributed by atoms with E-state index in [4.69, 9.17) is 4.42 Å². The Bertz CT molecular complexity index is 377. The molecule has 0 bridgehead atoms. The number of rotatable bonds is 11. The Labute approximate surface area is 131 Å². The van der Waals surface area contributed by atoms with E-state index in [1.54, 1.807) is 0 Å². The standard InChI is InChI=1S/C18H34N2O/c1-6-8-10-20(11-9-7-2)14-17-12-18(21-16(17)5)13-19-15(3)4/h12,15,19H,6-11,13-14H2,1-5H3. The van der Waals surface area contributed by atoms with Crippen molar-refractivity contribution < 1.29 is 4.42 Å². The van der Waals surface area contributed by atoms with Gasteiger partial charge < -0.3 is 9.73 Å². The Morgan fingerprint density at radius 2 is 1.76 bits per heavy atom. The van der Waals surface area contributed by atoms with Crippen LogP contribution in [0.2, 0.25) is 0 Å². The predicted octanol–water partition coefficient (Wildman–Crippen LogP) is 4.49. The second-order valence-corrected chi connectivity index (χ2v) is 6.31. The third-order valence-electron chi connectivity index (χ3n) is 3.81. The average Bonchev–Trinajstić information content (AvgIpc) is 2.80. The summed E-state index contributed by atoms with van der Waals surface area (Å²) in [5.74, 6) is 2.13. The van der Waals surface area contributed by atoms with Crippen LogP contribution < -0.4 is 5.32 Å². The largest absolute Gasteiger partial charge is 0.465 e. The van der Waals surface area contributed by atoms with Crippen LogP contribution in [-0.4, -0.2) is 24.0 Å². The number of nitrogens with zero attached hydrogens (tertiary/aromatic N) is 1. The lowest BCUT2D eigenvalue weighted by Crippen LogP contribution is -2.25. The highest BCUT2D eigenvalue weighted by molar-refractivity contribution is 5.20. The lowest BCUT2D eigenvalue weighted by Gasteiger charge is -2.21. The van der Waals surface area contributed by atoms with Gasteiger partial charge in [-0.1, -0.05) is 40.5 Å². The topological polar surface area (TPSA) is 28.4 Å². The molecule has 0 aliphatic carbocycles. The molecule has 0 radical (unpaired) electrons. The quantitative estimate of drug-likeness (QED) is 0.652. The van der Waals surface area contributed by atoms with E-state index in [0.717, 1.165) is 24.6 Å². The molecule has 1 N–H and O–H groups in total. The van der Waals surface area contributed by atoms with E-state index < -0.39 is 0 Å². The van der Waals surface area contributed by atoms with E-state index in [2.05, 4.69) is 50.9 Å². The fraction of sp³-hybridized carbons (Fsp3) is 0.778. The van der Waals surface area contributed by atoms with Gasteiger partial charge in [0.25, 0.3) is 0 Å². The first-order valence-electron chi connectivity index (χ1n) is 8.60. The van der Waals surface area contributed by atoms with Gasteiger partial charge in [0, 0.05) is 18.2 Å². The van der Waals surface area contributed by atoms with Gasteiger partial charge in [0.05, 0.1) is 6.54 Å². The van der Waals surface area contributed by atoms with Gasteiger partial charge in [-0.05, 0) is 38.9 Å². The molecule has 1 heterocycles. The molecule has 0 aromatic carbocycles. The van der Waals surface area contributed by atoms with Crippen molar-refractivity contribution in [3.63, 3.8) is 0 Å². The maximum atomic E-state index is 5.89. The Hall–Kier alpha value is -0.800. The van der Waals surface area contributed by atoms with Crippen molar-refractivity contribution >= 4 is 0 Å². The zero-order valence-corrected chi connectivity index (χ0v) is 14.7. The molecule has 0 amide bonds. The first kappa shape index (κ1) is 18.2. The SMILES string of the molecule is CCCCN(CCCC)Cc1cc(CNC(C)C)oc1C. The summed E-state index contributed by atoms with van der Waals surface area (Å²) in [6, 6.07) is 2.72. The third-order valence-corrected chi connectivity index (χ3v) is 3.81. The van der Waals surface area contributed by atoms with Crippen molar-refractivity contribution in [3.8, 4) is 0 Å². The summed E-state index contributed by atoms with van der Waals surface area (Å²) >= 11 is 0. The first-order chi connectivity index (χ1) is 10.1. The highest BCUT2D eigenvalue weighted by Crippen LogP contribution is 2.17. The number of unbranched alkanes of at least 4 members (excludes halogenated alkanes) is 2. The summed E-state index contributed by atoms with van der Waals surface area (Å²) in [5.41, 5.74) is 1.35. The number of hydrogen-bond donors (Lipinski definition) is 1. The molecule has 0 saturated carbocycles. The third kappa shape index (κ3) is 7.14. The molecule has 3 heteroatoms. The number of nitrogens with one attached hydrogen (secondary N) is 1. The van der Waals surface area contributed by atoms with Crippen molar-refractivity contribution in [1.82, 2.24) is 10.2 Å². The van der Waals surface area contributed by atoms with Crippen molar-refractivity contribution in [2.24, 2.45) is 0 Å². The van der Waals surface area contributed by atoms with Gasteiger partial charge in [-0.3, -0.25) is 4.90 Å². The maximum Gasteiger partial charge on any atom is 0.118 e. The summed E-state index contributed by atoms with van der Waals surface area (Å²) in [5, 5.41) is 3.42. The lowest BCUT2D eigenvalue weighted by molar-refractivity contribution is 0.255. The minimum Gasteiger partial charge on any atom is -0.465 e. The van der Waals surface area contributed by atoms with Crippen molar-refractivity contribution in [2.45, 2.75) is 79.4 Å². The van der Waals surface area contributed by atoms with Gasteiger partial charge in [0.15, 0.2) is 0 Å². The Morgan fingerprint density at radius 3 is 2.29 bits per heavy atom. The van der Waals surface area contributed by atoms with Crippen LogP contribution in [0, 0.1) is 6.92 Å². The normalized spacial score (nSPS) is 11.8. The zero-order valence-electron chi connectivity index (χ0n) is 14.7. The summed E-state index contributed by atoms with van der Waals surface area (Å²) in [4.78, 5) is 2.57. The van der Waals surface area contributed by atoms with Gasteiger partial charge in [-0.15, -0.1) is 0 Å². The molecule has 21 heavy (non-hydrogen) atoms. The molecular weight excluding hydrogens is 260 g/mol. The van der Waals surface area contributed by atoms with Gasteiger partial charge in [-0.2, -0.15) is 0 Å². The Balaban J connectivity index is 2.60. The van der Waals surface area contributed by atoms with Crippen molar-refractivity contribution in [1.29, 1.82) is 0 Å². The number of hydrogen-bond acceptors (Lipinski definition) is 3. The van der Waals surface area contributed by atoms with Crippen LogP contribution in [0.25, 0.3) is 0 Å². The molecule has 122 valence electrons. The van der Waals surface area contributed by atoms with Gasteiger partial charge >= 0.3 is 0 Å². The highest BCUT2D eigenvalue weighted by atomic mass is 16.3. The second kappa shape index (κ2) is 10.0. The first-order valence-corrected chi connectivity index (χ1v) is 8.60. The van der Waals surface area contributed by atoms with Crippen LogP contribution in [0.15, 0.2) is 10.5 Å². The summed E-state index contributed by atoms with van der Waals surface area (Å²) in [6.07, 6.45) is 5.08. The summed E-state index contributed by atoms with van der Waals surface area (Å²) in [7, 11) is 0. The molecule has 3 nitrogen and oxygen atoms in total. The van der Waals surface area contributed by atoms with Crippen molar-refractivity contribution in [2.75, 3.05) is 13.1 Å². The zero-order chi connectivity index (χ0) is 15.7. The Kier molecular flexibility index (Phi) is 8.70. The van der Waals surface area contributed by atoms with Crippen LogP contribution in [0.3, 0.4) is 0 Å². The van der Waals surface area contributed by atoms with Crippen LogP contribution in [0.4, 0.5) is 0 Å². The van der Waals surface area contributed by atoms with E-state index >= 15 is 0 Å². The maximum absolute atomic E-state index is 5.89. The molecule has 1 rings (SSSR count). The van der Waals surface area contributed by atoms with E-state index in [0.29, 0.717) is 6.04 Å². The van der Waals surface area contributed by atoms with E-state index in [-0.39, 0.29) is 0 Å². The van der Waals surface area contributed by atoms with E-state index in [1.165, 1.54) is 44.3 Å². The fourth-order valence-electron chi connectivity index (χ4n) is 2.41. The van der Waals surface area contributed by atoms with Crippen LogP contribution in [-0.2, 0) is 13.1 Å². The van der Waals surface area contributed by atoms with Gasteiger partial charge in [0.1, 0.15) is 11.5 Å². The van der Waals surface area contributed by atoms with E-state index in [9.17, 15) is 0 Å². The molecule has 0 aliphatic rings. The molecule has 0 unspecified atom stereocenters. The van der Waals surface area contributed by atoms with Gasteiger partial charge in [-0.25, -0.2) is 0 Å². The average molecular weight is 294 g/mol. The van der Waals surface area contributed by atoms with E-state index in [1.807, 2.05) is 0 Å². The minimum absolute atomic E-state index is 0.490. The summed E-state index contributed by atoms with van der Waals surface area (Å²) in [6.45, 7) is 15.2. The monoisotopic (exact) mass is 294 g/mol.